The Balaban J connectivity index is 1.44. The summed E-state index contributed by atoms with van der Waals surface area (Å²) in [5.74, 6) is 1.06. The summed E-state index contributed by atoms with van der Waals surface area (Å²) in [4.78, 5) is 34.8. The van der Waals surface area contributed by atoms with Gasteiger partial charge in [0, 0.05) is 16.5 Å². The monoisotopic (exact) mass is 481 g/mol. The molecule has 4 N–H and O–H groups in total. The molecule has 0 aliphatic carbocycles. The van der Waals surface area contributed by atoms with Crippen molar-refractivity contribution in [2.24, 2.45) is 11.7 Å². The van der Waals surface area contributed by atoms with Crippen LogP contribution < -0.4 is 21.1 Å². The zero-order valence-corrected chi connectivity index (χ0v) is 20.1. The number of anilines is 1. The summed E-state index contributed by atoms with van der Waals surface area (Å²) >= 11 is 0. The van der Waals surface area contributed by atoms with Gasteiger partial charge in [-0.15, -0.1) is 0 Å². The quantitative estimate of drug-likeness (QED) is 0.366. The summed E-state index contributed by atoms with van der Waals surface area (Å²) in [6.07, 6.45) is 0. The van der Waals surface area contributed by atoms with E-state index in [-0.39, 0.29) is 18.4 Å². The molecule has 0 unspecified atom stereocenters. The second-order valence-electron chi connectivity index (χ2n) is 9.10. The third-order valence-electron chi connectivity index (χ3n) is 6.28. The molecule has 8 heteroatoms. The number of benzene rings is 3. The van der Waals surface area contributed by atoms with E-state index in [1.807, 2.05) is 86.6 Å². The first-order valence-electron chi connectivity index (χ1n) is 11.9. The van der Waals surface area contributed by atoms with Crippen LogP contribution in [0.3, 0.4) is 0 Å². The van der Waals surface area contributed by atoms with Crippen LogP contribution in [0.1, 0.15) is 36.7 Å². The Morgan fingerprint density at radius 1 is 0.917 bits per heavy atom. The van der Waals surface area contributed by atoms with Gasteiger partial charge in [0.2, 0.25) is 11.8 Å². The maximum Gasteiger partial charge on any atom is 0.240 e. The minimum Gasteiger partial charge on any atom is -0.457 e. The molecule has 1 aliphatic heterocycles. The molecular weight excluding hydrogens is 454 g/mol. The lowest BCUT2D eigenvalue weighted by atomic mass is 9.87. The minimum atomic E-state index is -0.596. The maximum atomic E-state index is 13.5. The Bertz CT molecular complexity index is 1410. The second-order valence-corrected chi connectivity index (χ2v) is 9.10. The molecule has 4 aromatic rings. The number of aromatic nitrogens is 2. The first-order valence-corrected chi connectivity index (χ1v) is 11.9. The number of carbonyl (C=O) groups is 2. The zero-order valence-electron chi connectivity index (χ0n) is 20.1. The molecule has 3 aromatic carbocycles. The number of nitrogens with two attached hydrogens (primary N) is 1. The molecule has 0 spiro atoms. The van der Waals surface area contributed by atoms with E-state index in [0.29, 0.717) is 28.7 Å². The highest BCUT2D eigenvalue weighted by atomic mass is 16.5. The molecule has 0 saturated carbocycles. The first-order chi connectivity index (χ1) is 17.4. The van der Waals surface area contributed by atoms with E-state index in [1.54, 1.807) is 0 Å². The first kappa shape index (κ1) is 23.3. The molecule has 182 valence electrons. The third kappa shape index (κ3) is 4.45. The second kappa shape index (κ2) is 9.65. The molecule has 0 radical (unpaired) electrons. The van der Waals surface area contributed by atoms with Gasteiger partial charge in [-0.3, -0.25) is 9.59 Å². The number of rotatable bonds is 7. The van der Waals surface area contributed by atoms with Gasteiger partial charge in [0.05, 0.1) is 18.0 Å². The highest BCUT2D eigenvalue weighted by molar-refractivity contribution is 5.92. The molecule has 2 heterocycles. The van der Waals surface area contributed by atoms with Crippen LogP contribution in [0.25, 0.3) is 10.9 Å². The summed E-state index contributed by atoms with van der Waals surface area (Å²) in [5.41, 5.74) is 7.92. The Morgan fingerprint density at radius 2 is 1.53 bits per heavy atom. The van der Waals surface area contributed by atoms with Gasteiger partial charge in [-0.2, -0.15) is 0 Å². The highest BCUT2D eigenvalue weighted by Gasteiger charge is 2.32. The number of nitrogens with zero attached hydrogens (tertiary/aromatic N) is 2. The molecule has 8 nitrogen and oxygen atoms in total. The van der Waals surface area contributed by atoms with E-state index in [1.165, 1.54) is 0 Å². The van der Waals surface area contributed by atoms with Crippen molar-refractivity contribution in [1.82, 2.24) is 15.3 Å². The predicted molar refractivity (Wildman–Crippen MR) is 138 cm³/mol. The Kier molecular flexibility index (Phi) is 6.25. The molecule has 36 heavy (non-hydrogen) atoms. The molecule has 0 saturated heterocycles. The highest BCUT2D eigenvalue weighted by Crippen LogP contribution is 2.43. The summed E-state index contributed by atoms with van der Waals surface area (Å²) in [5, 5.41) is 6.96. The van der Waals surface area contributed by atoms with Gasteiger partial charge >= 0.3 is 0 Å². The van der Waals surface area contributed by atoms with E-state index in [0.717, 1.165) is 16.5 Å². The number of ether oxygens (including phenoxy) is 1. The van der Waals surface area contributed by atoms with Crippen molar-refractivity contribution in [3.05, 3.63) is 89.7 Å². The molecule has 2 amide bonds. The number of hydrogen-bond donors (Lipinski definition) is 3. The Morgan fingerprint density at radius 3 is 2.17 bits per heavy atom. The number of hydrogen-bond acceptors (Lipinski definition) is 6. The van der Waals surface area contributed by atoms with Crippen LogP contribution in [0.2, 0.25) is 0 Å². The van der Waals surface area contributed by atoms with Gasteiger partial charge in [0.15, 0.2) is 5.82 Å². The van der Waals surface area contributed by atoms with Crippen LogP contribution in [-0.2, 0) is 16.1 Å². The van der Waals surface area contributed by atoms with Gasteiger partial charge in [0.25, 0.3) is 0 Å². The van der Waals surface area contributed by atoms with Gasteiger partial charge in [-0.1, -0.05) is 62.4 Å². The number of para-hydroxylation sites is 3. The SMILES string of the molecule is CC(C)[C@H](Nc1nc(CNC(=O)C2c3ccccc3Oc3ccccc32)nc2ccccc12)C(N)=O. The van der Waals surface area contributed by atoms with Crippen LogP contribution >= 0.6 is 0 Å². The van der Waals surface area contributed by atoms with E-state index < -0.39 is 17.9 Å². The van der Waals surface area contributed by atoms with Crippen molar-refractivity contribution in [1.29, 1.82) is 0 Å². The van der Waals surface area contributed by atoms with Gasteiger partial charge in [-0.25, -0.2) is 9.97 Å². The van der Waals surface area contributed by atoms with Gasteiger partial charge in [0.1, 0.15) is 23.4 Å². The number of primary amides is 1. The number of carbonyl (C=O) groups excluding carboxylic acids is 2. The van der Waals surface area contributed by atoms with Crippen molar-refractivity contribution in [3.8, 4) is 11.5 Å². The van der Waals surface area contributed by atoms with Gasteiger partial charge in [-0.05, 0) is 30.2 Å². The summed E-state index contributed by atoms with van der Waals surface area (Å²) in [6, 6.07) is 22.0. The fourth-order valence-electron chi connectivity index (χ4n) is 4.49. The van der Waals surface area contributed by atoms with E-state index in [9.17, 15) is 9.59 Å². The van der Waals surface area contributed by atoms with Gasteiger partial charge < -0.3 is 21.1 Å². The average Bonchev–Trinajstić information content (AvgIpc) is 2.88. The third-order valence-corrected chi connectivity index (χ3v) is 6.28. The molecule has 1 aromatic heterocycles. The fourth-order valence-corrected chi connectivity index (χ4v) is 4.49. The minimum absolute atomic E-state index is 0.0342. The van der Waals surface area contributed by atoms with Crippen molar-refractivity contribution in [2.45, 2.75) is 32.4 Å². The normalized spacial score (nSPS) is 13.4. The fraction of sp³-hybridized carbons (Fsp3) is 0.214. The lowest BCUT2D eigenvalue weighted by Crippen LogP contribution is -2.40. The molecular formula is C28H27N5O3. The van der Waals surface area contributed by atoms with E-state index >= 15 is 0 Å². The Hall–Kier alpha value is -4.46. The predicted octanol–water partition coefficient (Wildman–Crippen LogP) is 4.11. The Labute approximate surface area is 208 Å². The van der Waals surface area contributed by atoms with Crippen LogP contribution in [0, 0.1) is 5.92 Å². The largest absolute Gasteiger partial charge is 0.457 e. The summed E-state index contributed by atoms with van der Waals surface area (Å²) in [7, 11) is 0. The lowest BCUT2D eigenvalue weighted by Gasteiger charge is -2.27. The van der Waals surface area contributed by atoms with E-state index in [2.05, 4.69) is 20.6 Å². The molecule has 1 atom stereocenters. The maximum absolute atomic E-state index is 13.5. The van der Waals surface area contributed by atoms with Crippen molar-refractivity contribution >= 4 is 28.5 Å². The molecule has 1 aliphatic rings. The average molecular weight is 482 g/mol. The van der Waals surface area contributed by atoms with Crippen LogP contribution in [0.5, 0.6) is 11.5 Å². The standard InChI is InChI=1S/C28H27N5O3/c1-16(2)25(26(29)34)33-27-17-9-3-6-12-20(17)31-23(32-27)15-30-28(35)24-18-10-4-7-13-21(18)36-22-14-8-5-11-19(22)24/h3-14,16,24-25H,15H2,1-2H3,(H2,29,34)(H,30,35)(H,31,32,33)/t25-/m0/s1. The van der Waals surface area contributed by atoms with E-state index in [4.69, 9.17) is 10.5 Å². The number of fused-ring (bicyclic) bond motifs is 3. The lowest BCUT2D eigenvalue weighted by molar-refractivity contribution is -0.122. The summed E-state index contributed by atoms with van der Waals surface area (Å²) in [6.45, 7) is 3.94. The smallest absolute Gasteiger partial charge is 0.240 e. The molecule has 0 bridgehead atoms. The number of amides is 2. The van der Waals surface area contributed by atoms with Crippen LogP contribution in [0.15, 0.2) is 72.8 Å². The van der Waals surface area contributed by atoms with Crippen LogP contribution in [0.4, 0.5) is 5.82 Å². The molecule has 5 rings (SSSR count). The van der Waals surface area contributed by atoms with Crippen molar-refractivity contribution < 1.29 is 14.3 Å². The molecule has 0 fully saturated rings. The zero-order chi connectivity index (χ0) is 25.2. The topological polar surface area (TPSA) is 119 Å². The summed E-state index contributed by atoms with van der Waals surface area (Å²) < 4.78 is 6.01. The van der Waals surface area contributed by atoms with Crippen molar-refractivity contribution in [3.63, 3.8) is 0 Å². The van der Waals surface area contributed by atoms with Crippen LogP contribution in [-0.4, -0.2) is 27.8 Å². The number of nitrogens with one attached hydrogen (secondary N) is 2. The van der Waals surface area contributed by atoms with Crippen molar-refractivity contribution in [2.75, 3.05) is 5.32 Å².